The molecule has 0 heterocycles. The van der Waals surface area contributed by atoms with Gasteiger partial charge >= 0.3 is 0 Å². The zero-order chi connectivity index (χ0) is 12.7. The Kier molecular flexibility index (Phi) is 7.07. The molecule has 0 amide bonds. The van der Waals surface area contributed by atoms with Gasteiger partial charge in [-0.3, -0.25) is 0 Å². The van der Waals surface area contributed by atoms with Gasteiger partial charge in [0, 0.05) is 31.5 Å². The smallest absolute Gasteiger partial charge is 0.251 e. The summed E-state index contributed by atoms with van der Waals surface area (Å²) < 4.78 is 26.2. The van der Waals surface area contributed by atoms with Gasteiger partial charge in [-0.2, -0.15) is 0 Å². The maximum Gasteiger partial charge on any atom is 0.251 e. The SMILES string of the molecule is CCCC(C)(CC)NCCC(F)(F)CCO. The summed E-state index contributed by atoms with van der Waals surface area (Å²) in [7, 11) is 0. The van der Waals surface area contributed by atoms with Gasteiger partial charge in [-0.25, -0.2) is 8.78 Å². The molecule has 0 rings (SSSR count). The van der Waals surface area contributed by atoms with E-state index in [1.54, 1.807) is 0 Å². The van der Waals surface area contributed by atoms with Crippen molar-refractivity contribution in [3.8, 4) is 0 Å². The Morgan fingerprint density at radius 2 is 1.75 bits per heavy atom. The molecule has 1 unspecified atom stereocenters. The molecule has 98 valence electrons. The van der Waals surface area contributed by atoms with Crippen molar-refractivity contribution in [2.24, 2.45) is 0 Å². The van der Waals surface area contributed by atoms with E-state index in [0.29, 0.717) is 6.54 Å². The molecular weight excluding hydrogens is 212 g/mol. The van der Waals surface area contributed by atoms with Crippen molar-refractivity contribution < 1.29 is 13.9 Å². The van der Waals surface area contributed by atoms with Crippen molar-refractivity contribution in [3.63, 3.8) is 0 Å². The summed E-state index contributed by atoms with van der Waals surface area (Å²) in [5.74, 6) is -2.75. The molecule has 0 aliphatic carbocycles. The van der Waals surface area contributed by atoms with E-state index in [1.807, 2.05) is 0 Å². The third-order valence-electron chi connectivity index (χ3n) is 3.10. The van der Waals surface area contributed by atoms with Gasteiger partial charge in [0.25, 0.3) is 5.92 Å². The lowest BCUT2D eigenvalue weighted by Gasteiger charge is -2.30. The molecule has 1 atom stereocenters. The van der Waals surface area contributed by atoms with Crippen molar-refractivity contribution in [1.29, 1.82) is 0 Å². The number of halogens is 2. The highest BCUT2D eigenvalue weighted by molar-refractivity contribution is 4.81. The van der Waals surface area contributed by atoms with Crippen LogP contribution in [0.2, 0.25) is 0 Å². The highest BCUT2D eigenvalue weighted by atomic mass is 19.3. The van der Waals surface area contributed by atoms with Crippen LogP contribution in [0.4, 0.5) is 8.78 Å². The van der Waals surface area contributed by atoms with E-state index >= 15 is 0 Å². The molecule has 0 bridgehead atoms. The Hall–Kier alpha value is -0.220. The highest BCUT2D eigenvalue weighted by Crippen LogP contribution is 2.23. The van der Waals surface area contributed by atoms with Crippen molar-refractivity contribution in [1.82, 2.24) is 5.32 Å². The van der Waals surface area contributed by atoms with Gasteiger partial charge in [-0.05, 0) is 19.8 Å². The third-order valence-corrected chi connectivity index (χ3v) is 3.10. The van der Waals surface area contributed by atoms with Crippen LogP contribution in [0.15, 0.2) is 0 Å². The molecular formula is C12H25F2NO. The Morgan fingerprint density at radius 3 is 2.19 bits per heavy atom. The predicted octanol–water partition coefficient (Wildman–Crippen LogP) is 2.95. The lowest BCUT2D eigenvalue weighted by atomic mass is 9.93. The van der Waals surface area contributed by atoms with Crippen molar-refractivity contribution in [3.05, 3.63) is 0 Å². The number of rotatable bonds is 9. The summed E-state index contributed by atoms with van der Waals surface area (Å²) in [4.78, 5) is 0. The summed E-state index contributed by atoms with van der Waals surface area (Å²) in [6.07, 6.45) is 2.34. The number of hydrogen-bond acceptors (Lipinski definition) is 2. The number of aliphatic hydroxyl groups excluding tert-OH is 1. The Labute approximate surface area is 97.4 Å². The Bertz CT molecular complexity index is 188. The molecule has 2 N–H and O–H groups in total. The standard InChI is InChI=1S/C12H25F2NO/c1-4-6-11(3,5-2)15-9-7-12(13,14)8-10-16/h15-16H,4-10H2,1-3H3. The minimum absolute atomic E-state index is 0.0377. The largest absolute Gasteiger partial charge is 0.396 e. The molecule has 16 heavy (non-hydrogen) atoms. The fourth-order valence-electron chi connectivity index (χ4n) is 1.78. The van der Waals surface area contributed by atoms with Gasteiger partial charge in [0.15, 0.2) is 0 Å². The van der Waals surface area contributed by atoms with E-state index < -0.39 is 19.0 Å². The molecule has 0 aliphatic rings. The van der Waals surface area contributed by atoms with Gasteiger partial charge in [-0.1, -0.05) is 20.3 Å². The first-order valence-electron chi connectivity index (χ1n) is 6.13. The summed E-state index contributed by atoms with van der Waals surface area (Å²) in [5, 5.41) is 11.7. The fraction of sp³-hybridized carbons (Fsp3) is 1.00. The minimum atomic E-state index is -2.75. The molecule has 0 aromatic carbocycles. The summed E-state index contributed by atoms with van der Waals surface area (Å²) in [6.45, 7) is 6.08. The van der Waals surface area contributed by atoms with Gasteiger partial charge in [-0.15, -0.1) is 0 Å². The van der Waals surface area contributed by atoms with Crippen LogP contribution in [0.1, 0.15) is 52.9 Å². The first-order chi connectivity index (χ1) is 7.39. The number of alkyl halides is 2. The van der Waals surface area contributed by atoms with E-state index in [2.05, 4.69) is 26.1 Å². The van der Waals surface area contributed by atoms with Crippen LogP contribution in [-0.2, 0) is 0 Å². The van der Waals surface area contributed by atoms with Gasteiger partial charge < -0.3 is 10.4 Å². The van der Waals surface area contributed by atoms with E-state index in [4.69, 9.17) is 5.11 Å². The van der Waals surface area contributed by atoms with Crippen LogP contribution in [0, 0.1) is 0 Å². The van der Waals surface area contributed by atoms with Crippen molar-refractivity contribution in [2.45, 2.75) is 64.3 Å². The Morgan fingerprint density at radius 1 is 1.12 bits per heavy atom. The van der Waals surface area contributed by atoms with E-state index in [-0.39, 0.29) is 12.0 Å². The molecule has 0 spiro atoms. The second-order valence-electron chi connectivity index (χ2n) is 4.67. The zero-order valence-electron chi connectivity index (χ0n) is 10.7. The molecule has 4 heteroatoms. The fourth-order valence-corrected chi connectivity index (χ4v) is 1.78. The number of hydrogen-bond donors (Lipinski definition) is 2. The second-order valence-corrected chi connectivity index (χ2v) is 4.67. The molecule has 0 aromatic rings. The average molecular weight is 237 g/mol. The molecule has 0 saturated heterocycles. The monoisotopic (exact) mass is 237 g/mol. The lowest BCUT2D eigenvalue weighted by molar-refractivity contribution is -0.0296. The van der Waals surface area contributed by atoms with Crippen LogP contribution in [-0.4, -0.2) is 29.7 Å². The quantitative estimate of drug-likeness (QED) is 0.646. The number of aliphatic hydroxyl groups is 1. The van der Waals surface area contributed by atoms with Gasteiger partial charge in [0.2, 0.25) is 0 Å². The molecule has 0 radical (unpaired) electrons. The summed E-state index contributed by atoms with van der Waals surface area (Å²) >= 11 is 0. The predicted molar refractivity (Wildman–Crippen MR) is 62.9 cm³/mol. The van der Waals surface area contributed by atoms with Gasteiger partial charge in [0.05, 0.1) is 0 Å². The topological polar surface area (TPSA) is 32.3 Å². The van der Waals surface area contributed by atoms with E-state index in [0.717, 1.165) is 19.3 Å². The van der Waals surface area contributed by atoms with Crippen molar-refractivity contribution in [2.75, 3.05) is 13.2 Å². The highest BCUT2D eigenvalue weighted by Gasteiger charge is 2.29. The first kappa shape index (κ1) is 15.8. The van der Waals surface area contributed by atoms with E-state index in [1.165, 1.54) is 0 Å². The molecule has 0 aliphatic heterocycles. The summed E-state index contributed by atoms with van der Waals surface area (Å²) in [5.41, 5.74) is -0.0377. The van der Waals surface area contributed by atoms with Crippen molar-refractivity contribution >= 4 is 0 Å². The lowest BCUT2D eigenvalue weighted by Crippen LogP contribution is -2.43. The van der Waals surface area contributed by atoms with E-state index in [9.17, 15) is 8.78 Å². The molecule has 2 nitrogen and oxygen atoms in total. The third kappa shape index (κ3) is 6.38. The molecule has 0 aromatic heterocycles. The minimum Gasteiger partial charge on any atom is -0.396 e. The molecule has 0 saturated carbocycles. The Balaban J connectivity index is 3.94. The van der Waals surface area contributed by atoms with Crippen LogP contribution >= 0.6 is 0 Å². The maximum absolute atomic E-state index is 13.1. The van der Waals surface area contributed by atoms with Gasteiger partial charge in [0.1, 0.15) is 0 Å². The summed E-state index contributed by atoms with van der Waals surface area (Å²) in [6, 6.07) is 0. The van der Waals surface area contributed by atoms with Crippen LogP contribution in [0.3, 0.4) is 0 Å². The number of nitrogens with one attached hydrogen (secondary N) is 1. The second kappa shape index (κ2) is 7.17. The van der Waals surface area contributed by atoms with Crippen LogP contribution in [0.5, 0.6) is 0 Å². The molecule has 0 fully saturated rings. The maximum atomic E-state index is 13.1. The van der Waals surface area contributed by atoms with Crippen LogP contribution in [0.25, 0.3) is 0 Å². The van der Waals surface area contributed by atoms with Crippen LogP contribution < -0.4 is 5.32 Å². The zero-order valence-corrected chi connectivity index (χ0v) is 10.7. The first-order valence-corrected chi connectivity index (χ1v) is 6.13. The normalized spacial score (nSPS) is 16.1. The average Bonchev–Trinajstić information content (AvgIpc) is 2.17.